The second kappa shape index (κ2) is 12.3. The molecule has 6 nitrogen and oxygen atoms in total. The number of amides is 1. The molecule has 0 unspecified atom stereocenters. The highest BCUT2D eigenvalue weighted by atomic mass is 16.5. The van der Waals surface area contributed by atoms with Crippen LogP contribution in [-0.2, 0) is 17.8 Å². The maximum absolute atomic E-state index is 12.5. The standard InChI is InChI=1S/C30H34N2O4/c1-32-17-15-24(16-18-32)19-22-7-11-26(12-8-22)36-21-25-5-3-4-6-27(25)31-30(34)14-10-23-9-13-29(35-2)28(33)20-23/h3-14,20,24,33H,15-19,21H2,1-2H3,(H,31,34). The van der Waals surface area contributed by atoms with Crippen molar-refractivity contribution in [1.29, 1.82) is 0 Å². The number of anilines is 1. The molecule has 0 aliphatic carbocycles. The van der Waals surface area contributed by atoms with Gasteiger partial charge < -0.3 is 24.8 Å². The summed E-state index contributed by atoms with van der Waals surface area (Å²) in [5, 5.41) is 12.8. The normalized spacial score (nSPS) is 14.6. The molecular weight excluding hydrogens is 452 g/mol. The molecule has 0 spiro atoms. The van der Waals surface area contributed by atoms with E-state index in [4.69, 9.17) is 9.47 Å². The summed E-state index contributed by atoms with van der Waals surface area (Å²) in [6.45, 7) is 2.71. The number of aromatic hydroxyl groups is 1. The molecule has 0 bridgehead atoms. The first-order valence-electron chi connectivity index (χ1n) is 12.3. The number of piperidine rings is 1. The number of carbonyl (C=O) groups is 1. The smallest absolute Gasteiger partial charge is 0.248 e. The molecule has 4 rings (SSSR count). The highest BCUT2D eigenvalue weighted by Gasteiger charge is 2.17. The maximum Gasteiger partial charge on any atom is 0.248 e. The molecule has 1 aliphatic rings. The number of phenols is 1. The van der Waals surface area contributed by atoms with E-state index in [-0.39, 0.29) is 11.7 Å². The van der Waals surface area contributed by atoms with E-state index in [0.717, 1.165) is 23.7 Å². The van der Waals surface area contributed by atoms with Crippen molar-refractivity contribution in [3.63, 3.8) is 0 Å². The van der Waals surface area contributed by atoms with Crippen LogP contribution in [0, 0.1) is 5.92 Å². The number of hydrogen-bond acceptors (Lipinski definition) is 5. The summed E-state index contributed by atoms with van der Waals surface area (Å²) in [7, 11) is 3.68. The number of hydrogen-bond donors (Lipinski definition) is 2. The van der Waals surface area contributed by atoms with Crippen LogP contribution in [0.2, 0.25) is 0 Å². The first kappa shape index (κ1) is 25.3. The Kier molecular flexibility index (Phi) is 8.63. The number of methoxy groups -OCH3 is 1. The zero-order valence-electron chi connectivity index (χ0n) is 20.9. The zero-order chi connectivity index (χ0) is 25.3. The van der Waals surface area contributed by atoms with Crippen molar-refractivity contribution in [2.45, 2.75) is 25.9 Å². The first-order valence-corrected chi connectivity index (χ1v) is 12.3. The number of nitrogens with zero attached hydrogens (tertiary/aromatic N) is 1. The Balaban J connectivity index is 1.31. The molecule has 0 atom stereocenters. The van der Waals surface area contributed by atoms with Crippen molar-refractivity contribution < 1.29 is 19.4 Å². The van der Waals surface area contributed by atoms with Gasteiger partial charge in [0, 0.05) is 17.3 Å². The lowest BCUT2D eigenvalue weighted by molar-refractivity contribution is -0.111. The number of para-hydroxylation sites is 1. The third-order valence-electron chi connectivity index (χ3n) is 6.59. The summed E-state index contributed by atoms with van der Waals surface area (Å²) < 4.78 is 11.1. The van der Waals surface area contributed by atoms with E-state index in [2.05, 4.69) is 29.4 Å². The molecule has 6 heteroatoms. The lowest BCUT2D eigenvalue weighted by Gasteiger charge is -2.28. The van der Waals surface area contributed by atoms with Crippen LogP contribution in [0.3, 0.4) is 0 Å². The van der Waals surface area contributed by atoms with Gasteiger partial charge in [0.1, 0.15) is 12.4 Å². The molecule has 0 aromatic heterocycles. The number of phenolic OH excluding ortho intramolecular Hbond substituents is 1. The summed E-state index contributed by atoms with van der Waals surface area (Å²) in [4.78, 5) is 14.9. The van der Waals surface area contributed by atoms with Crippen LogP contribution in [0.4, 0.5) is 5.69 Å². The highest BCUT2D eigenvalue weighted by Crippen LogP contribution is 2.27. The van der Waals surface area contributed by atoms with Gasteiger partial charge in [-0.3, -0.25) is 4.79 Å². The Bertz CT molecular complexity index is 1180. The lowest BCUT2D eigenvalue weighted by Crippen LogP contribution is -2.30. The highest BCUT2D eigenvalue weighted by molar-refractivity contribution is 6.02. The van der Waals surface area contributed by atoms with Crippen molar-refractivity contribution in [2.24, 2.45) is 5.92 Å². The summed E-state index contributed by atoms with van der Waals surface area (Å²) in [5.74, 6) is 1.71. The molecule has 1 amide bonds. The molecule has 2 N–H and O–H groups in total. The lowest BCUT2D eigenvalue weighted by atomic mass is 9.90. The number of likely N-dealkylation sites (tertiary alicyclic amines) is 1. The van der Waals surface area contributed by atoms with Gasteiger partial charge in [-0.05, 0) is 92.9 Å². The summed E-state index contributed by atoms with van der Waals surface area (Å²) in [6, 6.07) is 20.9. The van der Waals surface area contributed by atoms with E-state index in [1.54, 1.807) is 24.3 Å². The van der Waals surface area contributed by atoms with E-state index in [1.807, 2.05) is 36.4 Å². The number of nitrogens with one attached hydrogen (secondary N) is 1. The molecule has 36 heavy (non-hydrogen) atoms. The summed E-state index contributed by atoms with van der Waals surface area (Å²) in [6.07, 6.45) is 6.71. The topological polar surface area (TPSA) is 71.0 Å². The molecule has 1 saturated heterocycles. The number of rotatable bonds is 9. The summed E-state index contributed by atoms with van der Waals surface area (Å²) >= 11 is 0. The second-order valence-electron chi connectivity index (χ2n) is 9.29. The summed E-state index contributed by atoms with van der Waals surface area (Å²) in [5.41, 5.74) is 3.63. The third kappa shape index (κ3) is 7.12. The van der Waals surface area contributed by atoms with Gasteiger partial charge in [-0.15, -0.1) is 0 Å². The molecule has 1 heterocycles. The zero-order valence-corrected chi connectivity index (χ0v) is 20.9. The number of ether oxygens (including phenoxy) is 2. The van der Waals surface area contributed by atoms with Gasteiger partial charge in [0.25, 0.3) is 0 Å². The minimum Gasteiger partial charge on any atom is -0.504 e. The van der Waals surface area contributed by atoms with Gasteiger partial charge in [0.2, 0.25) is 5.91 Å². The fourth-order valence-corrected chi connectivity index (χ4v) is 4.41. The van der Waals surface area contributed by atoms with Gasteiger partial charge in [0.15, 0.2) is 11.5 Å². The van der Waals surface area contributed by atoms with Crippen molar-refractivity contribution in [1.82, 2.24) is 4.90 Å². The minimum absolute atomic E-state index is 0.0254. The van der Waals surface area contributed by atoms with Crippen LogP contribution < -0.4 is 14.8 Å². The van der Waals surface area contributed by atoms with Crippen LogP contribution in [-0.4, -0.2) is 43.2 Å². The molecular formula is C30H34N2O4. The van der Waals surface area contributed by atoms with E-state index >= 15 is 0 Å². The third-order valence-corrected chi connectivity index (χ3v) is 6.59. The van der Waals surface area contributed by atoms with Crippen molar-refractivity contribution in [2.75, 3.05) is 32.6 Å². The van der Waals surface area contributed by atoms with Gasteiger partial charge >= 0.3 is 0 Å². The van der Waals surface area contributed by atoms with Gasteiger partial charge in [-0.2, -0.15) is 0 Å². The average Bonchev–Trinajstić information content (AvgIpc) is 2.89. The quantitative estimate of drug-likeness (QED) is 0.390. The fraction of sp³-hybridized carbons (Fsp3) is 0.300. The van der Waals surface area contributed by atoms with Gasteiger partial charge in [0.05, 0.1) is 7.11 Å². The Morgan fingerprint density at radius 2 is 1.83 bits per heavy atom. The van der Waals surface area contributed by atoms with Crippen molar-refractivity contribution >= 4 is 17.7 Å². The monoisotopic (exact) mass is 486 g/mol. The van der Waals surface area contributed by atoms with Gasteiger partial charge in [-0.25, -0.2) is 0 Å². The molecule has 1 fully saturated rings. The minimum atomic E-state index is -0.268. The van der Waals surface area contributed by atoms with E-state index in [1.165, 1.54) is 44.7 Å². The van der Waals surface area contributed by atoms with E-state index in [0.29, 0.717) is 23.6 Å². The Labute approximate surface area is 213 Å². The largest absolute Gasteiger partial charge is 0.504 e. The van der Waals surface area contributed by atoms with Crippen molar-refractivity contribution in [3.8, 4) is 17.2 Å². The molecule has 3 aromatic carbocycles. The predicted octanol–water partition coefficient (Wildman–Crippen LogP) is 5.52. The van der Waals surface area contributed by atoms with E-state index < -0.39 is 0 Å². The molecule has 0 saturated carbocycles. The van der Waals surface area contributed by atoms with Crippen LogP contribution in [0.15, 0.2) is 72.8 Å². The maximum atomic E-state index is 12.5. The molecule has 1 aliphatic heterocycles. The molecule has 188 valence electrons. The van der Waals surface area contributed by atoms with Crippen LogP contribution in [0.5, 0.6) is 17.2 Å². The number of benzene rings is 3. The first-order chi connectivity index (χ1) is 17.5. The number of carbonyl (C=O) groups excluding carboxylic acids is 1. The molecule has 0 radical (unpaired) electrons. The van der Waals surface area contributed by atoms with Crippen molar-refractivity contribution in [3.05, 3.63) is 89.5 Å². The Morgan fingerprint density at radius 1 is 1.08 bits per heavy atom. The van der Waals surface area contributed by atoms with E-state index in [9.17, 15) is 9.90 Å². The Morgan fingerprint density at radius 3 is 2.56 bits per heavy atom. The predicted molar refractivity (Wildman–Crippen MR) is 143 cm³/mol. The van der Waals surface area contributed by atoms with Crippen LogP contribution in [0.1, 0.15) is 29.5 Å². The van der Waals surface area contributed by atoms with Gasteiger partial charge in [-0.1, -0.05) is 36.4 Å². The Hall–Kier alpha value is -3.77. The fourth-order valence-electron chi connectivity index (χ4n) is 4.41. The molecule has 3 aromatic rings. The average molecular weight is 487 g/mol. The second-order valence-corrected chi connectivity index (χ2v) is 9.29. The SMILES string of the molecule is COc1ccc(C=CC(=O)Nc2ccccc2COc2ccc(CC3CCN(C)CC3)cc2)cc1O. The van der Waals surface area contributed by atoms with Crippen LogP contribution >= 0.6 is 0 Å². The van der Waals surface area contributed by atoms with Crippen LogP contribution in [0.25, 0.3) is 6.08 Å².